The molecule has 0 saturated heterocycles. The average molecular weight is 297 g/mol. The maximum absolute atomic E-state index is 12.2. The summed E-state index contributed by atoms with van der Waals surface area (Å²) in [5.41, 5.74) is 0.0357. The molecule has 1 amide bonds. The van der Waals surface area contributed by atoms with Crippen molar-refractivity contribution in [2.45, 2.75) is 40.2 Å². The number of carboxylic acid groups (broad SMARTS) is 1. The van der Waals surface area contributed by atoms with Gasteiger partial charge in [-0.1, -0.05) is 20.8 Å². The van der Waals surface area contributed by atoms with Gasteiger partial charge in [0.05, 0.1) is 12.6 Å². The number of furan rings is 1. The standard InChI is InChI=1S/C15H23NO5/c1-5-12-10(15(18)19)7-13(21-12)14(17)16-11(9(3)4)8-20-6-2/h7,9,11H,5-6,8H2,1-4H3,(H,16,17)(H,18,19). The van der Waals surface area contributed by atoms with Gasteiger partial charge in [-0.05, 0) is 12.8 Å². The zero-order valence-corrected chi connectivity index (χ0v) is 12.9. The van der Waals surface area contributed by atoms with E-state index in [4.69, 9.17) is 14.3 Å². The number of hydrogen-bond donors (Lipinski definition) is 2. The van der Waals surface area contributed by atoms with Gasteiger partial charge < -0.3 is 19.6 Å². The molecular formula is C15H23NO5. The summed E-state index contributed by atoms with van der Waals surface area (Å²) < 4.78 is 10.7. The lowest BCUT2D eigenvalue weighted by Crippen LogP contribution is -2.41. The molecule has 0 spiro atoms. The van der Waals surface area contributed by atoms with Gasteiger partial charge in [0.2, 0.25) is 0 Å². The van der Waals surface area contributed by atoms with Crippen molar-refractivity contribution in [3.8, 4) is 0 Å². The average Bonchev–Trinajstić information content (AvgIpc) is 2.87. The quantitative estimate of drug-likeness (QED) is 0.768. The van der Waals surface area contributed by atoms with Crippen LogP contribution in [-0.2, 0) is 11.2 Å². The van der Waals surface area contributed by atoms with Crippen molar-refractivity contribution in [1.29, 1.82) is 0 Å². The summed E-state index contributed by atoms with van der Waals surface area (Å²) in [6.07, 6.45) is 0.418. The molecule has 0 fully saturated rings. The predicted octanol–water partition coefficient (Wildman–Crippen LogP) is 2.33. The lowest BCUT2D eigenvalue weighted by Gasteiger charge is -2.21. The first kappa shape index (κ1) is 17.2. The molecule has 0 radical (unpaired) electrons. The van der Waals surface area contributed by atoms with E-state index in [-0.39, 0.29) is 23.3 Å². The van der Waals surface area contributed by atoms with Crippen LogP contribution in [0.2, 0.25) is 0 Å². The molecule has 1 heterocycles. The lowest BCUT2D eigenvalue weighted by molar-refractivity contribution is 0.0693. The van der Waals surface area contributed by atoms with Gasteiger partial charge >= 0.3 is 5.97 Å². The normalized spacial score (nSPS) is 12.4. The summed E-state index contributed by atoms with van der Waals surface area (Å²) in [5.74, 6) is -0.995. The van der Waals surface area contributed by atoms with Crippen LogP contribution in [-0.4, -0.2) is 36.2 Å². The Balaban J connectivity index is 2.85. The van der Waals surface area contributed by atoms with Gasteiger partial charge in [-0.15, -0.1) is 0 Å². The third-order valence-corrected chi connectivity index (χ3v) is 3.21. The molecule has 0 saturated carbocycles. The van der Waals surface area contributed by atoms with Crippen LogP contribution in [0.4, 0.5) is 0 Å². The van der Waals surface area contributed by atoms with Crippen molar-refractivity contribution in [3.05, 3.63) is 23.2 Å². The van der Waals surface area contributed by atoms with Gasteiger partial charge in [0, 0.05) is 19.1 Å². The molecule has 6 nitrogen and oxygen atoms in total. The van der Waals surface area contributed by atoms with Crippen LogP contribution in [0.25, 0.3) is 0 Å². The van der Waals surface area contributed by atoms with Crippen molar-refractivity contribution in [1.82, 2.24) is 5.32 Å². The number of amides is 1. The zero-order valence-electron chi connectivity index (χ0n) is 12.9. The minimum absolute atomic E-state index is 0.0198. The van der Waals surface area contributed by atoms with Crippen LogP contribution in [0, 0.1) is 5.92 Å². The first-order valence-electron chi connectivity index (χ1n) is 7.15. The summed E-state index contributed by atoms with van der Waals surface area (Å²) >= 11 is 0. The molecule has 0 aliphatic carbocycles. The van der Waals surface area contributed by atoms with Crippen LogP contribution >= 0.6 is 0 Å². The first-order valence-corrected chi connectivity index (χ1v) is 7.15. The number of carbonyl (C=O) groups is 2. The molecule has 0 aromatic carbocycles. The first-order chi connectivity index (χ1) is 9.90. The van der Waals surface area contributed by atoms with Crippen molar-refractivity contribution >= 4 is 11.9 Å². The van der Waals surface area contributed by atoms with Crippen LogP contribution < -0.4 is 5.32 Å². The minimum atomic E-state index is -1.09. The fraction of sp³-hybridized carbons (Fsp3) is 0.600. The summed E-state index contributed by atoms with van der Waals surface area (Å²) in [5, 5.41) is 11.9. The van der Waals surface area contributed by atoms with Gasteiger partial charge in [-0.3, -0.25) is 4.79 Å². The third kappa shape index (κ3) is 4.60. The Morgan fingerprint density at radius 1 is 1.38 bits per heavy atom. The number of aromatic carboxylic acids is 1. The predicted molar refractivity (Wildman–Crippen MR) is 77.6 cm³/mol. The van der Waals surface area contributed by atoms with E-state index in [0.717, 1.165) is 0 Å². The number of aryl methyl sites for hydroxylation is 1. The van der Waals surface area contributed by atoms with Crippen molar-refractivity contribution in [3.63, 3.8) is 0 Å². The van der Waals surface area contributed by atoms with Crippen LogP contribution in [0.5, 0.6) is 0 Å². The highest BCUT2D eigenvalue weighted by molar-refractivity contribution is 5.96. The molecule has 1 aromatic heterocycles. The third-order valence-electron chi connectivity index (χ3n) is 3.21. The largest absolute Gasteiger partial charge is 0.478 e. The Kier molecular flexibility index (Phi) is 6.42. The number of carboxylic acids is 1. The monoisotopic (exact) mass is 297 g/mol. The Labute approximate surface area is 124 Å². The topological polar surface area (TPSA) is 88.8 Å². The molecular weight excluding hydrogens is 274 g/mol. The smallest absolute Gasteiger partial charge is 0.339 e. The Bertz CT molecular complexity index is 492. The number of hydrogen-bond acceptors (Lipinski definition) is 4. The summed E-state index contributed by atoms with van der Waals surface area (Å²) in [7, 11) is 0. The molecule has 1 aromatic rings. The fourth-order valence-corrected chi connectivity index (χ4v) is 1.87. The van der Waals surface area contributed by atoms with E-state index in [0.29, 0.717) is 25.4 Å². The molecule has 0 aliphatic rings. The second-order valence-corrected chi connectivity index (χ2v) is 5.09. The molecule has 1 rings (SSSR count). The van der Waals surface area contributed by atoms with E-state index in [1.807, 2.05) is 20.8 Å². The maximum Gasteiger partial charge on any atom is 0.339 e. The Hall–Kier alpha value is -1.82. The summed E-state index contributed by atoms with van der Waals surface area (Å²) in [6.45, 7) is 8.60. The number of ether oxygens (including phenoxy) is 1. The summed E-state index contributed by atoms with van der Waals surface area (Å²) in [6, 6.07) is 1.12. The zero-order chi connectivity index (χ0) is 16.0. The van der Waals surface area contributed by atoms with Crippen LogP contribution in [0.1, 0.15) is 54.4 Å². The van der Waals surface area contributed by atoms with Crippen molar-refractivity contribution in [2.24, 2.45) is 5.92 Å². The van der Waals surface area contributed by atoms with Crippen LogP contribution in [0.3, 0.4) is 0 Å². The van der Waals surface area contributed by atoms with Crippen LogP contribution in [0.15, 0.2) is 10.5 Å². The second-order valence-electron chi connectivity index (χ2n) is 5.09. The van der Waals surface area contributed by atoms with Gasteiger partial charge in [0.1, 0.15) is 11.3 Å². The molecule has 1 atom stereocenters. The van der Waals surface area contributed by atoms with E-state index in [9.17, 15) is 9.59 Å². The van der Waals surface area contributed by atoms with Gasteiger partial charge in [0.25, 0.3) is 5.91 Å². The van der Waals surface area contributed by atoms with Gasteiger partial charge in [0.15, 0.2) is 5.76 Å². The Morgan fingerprint density at radius 2 is 2.05 bits per heavy atom. The molecule has 0 bridgehead atoms. The van der Waals surface area contributed by atoms with Crippen molar-refractivity contribution < 1.29 is 23.8 Å². The van der Waals surface area contributed by atoms with E-state index in [1.165, 1.54) is 6.07 Å². The highest BCUT2D eigenvalue weighted by Crippen LogP contribution is 2.17. The number of rotatable bonds is 8. The van der Waals surface area contributed by atoms with Crippen molar-refractivity contribution in [2.75, 3.05) is 13.2 Å². The van der Waals surface area contributed by atoms with E-state index >= 15 is 0 Å². The highest BCUT2D eigenvalue weighted by Gasteiger charge is 2.23. The summed E-state index contributed by atoms with van der Waals surface area (Å²) in [4.78, 5) is 23.3. The molecule has 2 N–H and O–H groups in total. The molecule has 0 aliphatic heterocycles. The van der Waals surface area contributed by atoms with E-state index in [2.05, 4.69) is 5.32 Å². The molecule has 118 valence electrons. The maximum atomic E-state index is 12.2. The van der Waals surface area contributed by atoms with Gasteiger partial charge in [-0.25, -0.2) is 4.79 Å². The number of carbonyl (C=O) groups excluding carboxylic acids is 1. The van der Waals surface area contributed by atoms with Gasteiger partial charge in [-0.2, -0.15) is 0 Å². The molecule has 1 unspecified atom stereocenters. The second kappa shape index (κ2) is 7.83. The number of nitrogens with one attached hydrogen (secondary N) is 1. The van der Waals surface area contributed by atoms with E-state index < -0.39 is 11.9 Å². The molecule has 21 heavy (non-hydrogen) atoms. The minimum Gasteiger partial charge on any atom is -0.478 e. The lowest BCUT2D eigenvalue weighted by atomic mass is 10.1. The Morgan fingerprint density at radius 3 is 2.48 bits per heavy atom. The van der Waals surface area contributed by atoms with E-state index in [1.54, 1.807) is 6.92 Å². The molecule has 6 heteroatoms. The SMILES string of the molecule is CCOCC(NC(=O)c1cc(C(=O)O)c(CC)o1)C(C)C. The highest BCUT2D eigenvalue weighted by atomic mass is 16.5. The fourth-order valence-electron chi connectivity index (χ4n) is 1.87.